The van der Waals surface area contributed by atoms with E-state index in [2.05, 4.69) is 15.5 Å². The Labute approximate surface area is 154 Å². The van der Waals surface area contributed by atoms with Gasteiger partial charge in [-0.15, -0.1) is 0 Å². The lowest BCUT2D eigenvalue weighted by Gasteiger charge is -2.26. The number of carbonyl (C=O) groups is 1. The average molecular weight is 355 g/mol. The normalized spacial score (nSPS) is 14.6. The molecule has 2 N–H and O–H groups in total. The van der Waals surface area contributed by atoms with Crippen molar-refractivity contribution in [2.75, 3.05) is 39.4 Å². The van der Waals surface area contributed by atoms with Gasteiger partial charge in [-0.2, -0.15) is 0 Å². The van der Waals surface area contributed by atoms with E-state index < -0.39 is 0 Å². The number of hydrogen-bond donors (Lipinski definition) is 2. The summed E-state index contributed by atoms with van der Waals surface area (Å²) in [5.41, 5.74) is 0.988. The number of para-hydroxylation sites is 1. The fraction of sp³-hybridized carbons (Fsp3) is 0.350. The van der Waals surface area contributed by atoms with Gasteiger partial charge in [-0.1, -0.05) is 30.3 Å². The number of nitrogens with one attached hydrogen (secondary N) is 2. The van der Waals surface area contributed by atoms with Gasteiger partial charge in [-0.25, -0.2) is 4.79 Å². The van der Waals surface area contributed by atoms with Crippen LogP contribution in [0.5, 0.6) is 11.5 Å². The first kappa shape index (κ1) is 18.2. The maximum absolute atomic E-state index is 11.9. The Morgan fingerprint density at radius 2 is 1.77 bits per heavy atom. The first-order chi connectivity index (χ1) is 12.8. The standard InChI is InChI=1S/C20H25N3O3/c24-20(21-9-10-23-11-13-25-14-12-23)22-16-17-5-4-8-19(15-17)26-18-6-2-1-3-7-18/h1-8,15H,9-14,16H2,(H2,21,22,24). The minimum atomic E-state index is -0.160. The molecule has 1 heterocycles. The van der Waals surface area contributed by atoms with Gasteiger partial charge >= 0.3 is 6.03 Å². The molecule has 138 valence electrons. The van der Waals surface area contributed by atoms with Crippen molar-refractivity contribution >= 4 is 6.03 Å². The Hall–Kier alpha value is -2.57. The first-order valence-corrected chi connectivity index (χ1v) is 8.93. The van der Waals surface area contributed by atoms with Gasteiger partial charge in [0, 0.05) is 32.7 Å². The number of urea groups is 1. The molecule has 26 heavy (non-hydrogen) atoms. The van der Waals surface area contributed by atoms with Crippen LogP contribution in [0.15, 0.2) is 54.6 Å². The van der Waals surface area contributed by atoms with Crippen LogP contribution in [0, 0.1) is 0 Å². The smallest absolute Gasteiger partial charge is 0.315 e. The summed E-state index contributed by atoms with van der Waals surface area (Å²) >= 11 is 0. The molecular weight excluding hydrogens is 330 g/mol. The Bertz CT molecular complexity index is 688. The fourth-order valence-electron chi connectivity index (χ4n) is 2.74. The van der Waals surface area contributed by atoms with Gasteiger partial charge in [-0.05, 0) is 29.8 Å². The van der Waals surface area contributed by atoms with E-state index >= 15 is 0 Å². The van der Waals surface area contributed by atoms with Gasteiger partial charge < -0.3 is 20.1 Å². The highest BCUT2D eigenvalue weighted by atomic mass is 16.5. The highest BCUT2D eigenvalue weighted by Crippen LogP contribution is 2.21. The molecule has 6 heteroatoms. The van der Waals surface area contributed by atoms with E-state index in [0.717, 1.165) is 49.9 Å². The Morgan fingerprint density at radius 3 is 2.58 bits per heavy atom. The van der Waals surface area contributed by atoms with Crippen molar-refractivity contribution in [3.8, 4) is 11.5 Å². The number of benzene rings is 2. The summed E-state index contributed by atoms with van der Waals surface area (Å²) in [5.74, 6) is 1.54. The maximum Gasteiger partial charge on any atom is 0.315 e. The largest absolute Gasteiger partial charge is 0.457 e. The van der Waals surface area contributed by atoms with Gasteiger partial charge in [0.15, 0.2) is 0 Å². The summed E-state index contributed by atoms with van der Waals surface area (Å²) in [7, 11) is 0. The van der Waals surface area contributed by atoms with Crippen LogP contribution in [0.25, 0.3) is 0 Å². The highest BCUT2D eigenvalue weighted by Gasteiger charge is 2.10. The molecule has 2 amide bonds. The number of hydrogen-bond acceptors (Lipinski definition) is 4. The molecular formula is C20H25N3O3. The molecule has 1 saturated heterocycles. The van der Waals surface area contributed by atoms with Crippen molar-refractivity contribution in [1.29, 1.82) is 0 Å². The van der Waals surface area contributed by atoms with Crippen molar-refractivity contribution in [2.45, 2.75) is 6.54 Å². The molecule has 0 aromatic heterocycles. The summed E-state index contributed by atoms with van der Waals surface area (Å²) in [6.07, 6.45) is 0. The van der Waals surface area contributed by atoms with E-state index in [1.165, 1.54) is 0 Å². The number of amides is 2. The third-order valence-corrected chi connectivity index (χ3v) is 4.15. The third kappa shape index (κ3) is 6.06. The second-order valence-electron chi connectivity index (χ2n) is 6.13. The lowest BCUT2D eigenvalue weighted by Crippen LogP contribution is -2.43. The van der Waals surface area contributed by atoms with Crippen molar-refractivity contribution in [3.63, 3.8) is 0 Å². The van der Waals surface area contributed by atoms with Gasteiger partial charge in [-0.3, -0.25) is 4.90 Å². The molecule has 1 aliphatic rings. The molecule has 0 atom stereocenters. The Kier molecular flexibility index (Phi) is 6.87. The van der Waals surface area contributed by atoms with Gasteiger partial charge in [0.25, 0.3) is 0 Å². The summed E-state index contributed by atoms with van der Waals surface area (Å²) in [5, 5.41) is 5.77. The second kappa shape index (κ2) is 9.79. The predicted octanol–water partition coefficient (Wildman–Crippen LogP) is 2.61. The molecule has 0 unspecified atom stereocenters. The molecule has 1 fully saturated rings. The summed E-state index contributed by atoms with van der Waals surface area (Å²) in [4.78, 5) is 14.2. The van der Waals surface area contributed by atoms with E-state index in [1.807, 2.05) is 54.6 Å². The van der Waals surface area contributed by atoms with E-state index in [0.29, 0.717) is 13.1 Å². The maximum atomic E-state index is 11.9. The number of nitrogens with zero attached hydrogens (tertiary/aromatic N) is 1. The summed E-state index contributed by atoms with van der Waals surface area (Å²) in [6, 6.07) is 17.2. The van der Waals surface area contributed by atoms with Crippen molar-refractivity contribution in [3.05, 3.63) is 60.2 Å². The molecule has 0 saturated carbocycles. The van der Waals surface area contributed by atoms with Crippen molar-refractivity contribution < 1.29 is 14.3 Å². The lowest BCUT2D eigenvalue weighted by atomic mass is 10.2. The van der Waals surface area contributed by atoms with E-state index in [1.54, 1.807) is 0 Å². The molecule has 0 aliphatic carbocycles. The van der Waals surface area contributed by atoms with Gasteiger partial charge in [0.2, 0.25) is 0 Å². The molecule has 3 rings (SSSR count). The zero-order chi connectivity index (χ0) is 18.0. The van der Waals surface area contributed by atoms with Crippen LogP contribution < -0.4 is 15.4 Å². The monoisotopic (exact) mass is 355 g/mol. The van der Waals surface area contributed by atoms with Crippen molar-refractivity contribution in [1.82, 2.24) is 15.5 Å². The molecule has 1 aliphatic heterocycles. The SMILES string of the molecule is O=C(NCCN1CCOCC1)NCc1cccc(Oc2ccccc2)c1. The van der Waals surface area contributed by atoms with Crippen LogP contribution in [-0.4, -0.2) is 50.3 Å². The first-order valence-electron chi connectivity index (χ1n) is 8.93. The van der Waals surface area contributed by atoms with E-state index in [-0.39, 0.29) is 6.03 Å². The lowest BCUT2D eigenvalue weighted by molar-refractivity contribution is 0.0387. The fourth-order valence-corrected chi connectivity index (χ4v) is 2.74. The van der Waals surface area contributed by atoms with Crippen LogP contribution in [0.3, 0.4) is 0 Å². The Morgan fingerprint density at radius 1 is 1.00 bits per heavy atom. The number of rotatable bonds is 7. The molecule has 0 radical (unpaired) electrons. The van der Waals surface area contributed by atoms with Crippen LogP contribution in [0.4, 0.5) is 4.79 Å². The van der Waals surface area contributed by atoms with E-state index in [9.17, 15) is 4.79 Å². The zero-order valence-electron chi connectivity index (χ0n) is 14.8. The Balaban J connectivity index is 1.39. The van der Waals surface area contributed by atoms with Crippen LogP contribution >= 0.6 is 0 Å². The number of morpholine rings is 1. The average Bonchev–Trinajstić information content (AvgIpc) is 2.68. The third-order valence-electron chi connectivity index (χ3n) is 4.15. The van der Waals surface area contributed by atoms with Crippen LogP contribution in [0.2, 0.25) is 0 Å². The molecule has 2 aromatic rings. The number of carbonyl (C=O) groups excluding carboxylic acids is 1. The van der Waals surface area contributed by atoms with Crippen LogP contribution in [-0.2, 0) is 11.3 Å². The zero-order valence-corrected chi connectivity index (χ0v) is 14.8. The molecule has 0 bridgehead atoms. The quantitative estimate of drug-likeness (QED) is 0.801. The summed E-state index contributed by atoms with van der Waals surface area (Å²) in [6.45, 7) is 5.33. The van der Waals surface area contributed by atoms with Crippen molar-refractivity contribution in [2.24, 2.45) is 0 Å². The van der Waals surface area contributed by atoms with Gasteiger partial charge in [0.05, 0.1) is 13.2 Å². The topological polar surface area (TPSA) is 62.8 Å². The molecule has 6 nitrogen and oxygen atoms in total. The minimum Gasteiger partial charge on any atom is -0.457 e. The van der Waals surface area contributed by atoms with E-state index in [4.69, 9.17) is 9.47 Å². The second-order valence-corrected chi connectivity index (χ2v) is 6.13. The predicted molar refractivity (Wildman–Crippen MR) is 100 cm³/mol. The minimum absolute atomic E-state index is 0.160. The molecule has 0 spiro atoms. The van der Waals surface area contributed by atoms with Crippen LogP contribution in [0.1, 0.15) is 5.56 Å². The highest BCUT2D eigenvalue weighted by molar-refractivity contribution is 5.73. The number of ether oxygens (including phenoxy) is 2. The molecule has 2 aromatic carbocycles. The van der Waals surface area contributed by atoms with Gasteiger partial charge in [0.1, 0.15) is 11.5 Å². The summed E-state index contributed by atoms with van der Waals surface area (Å²) < 4.78 is 11.1.